The highest BCUT2D eigenvalue weighted by atomic mass is 35.5. The molecule has 0 aliphatic rings. The van der Waals surface area contributed by atoms with Crippen LogP contribution < -0.4 is 19.5 Å². The van der Waals surface area contributed by atoms with Gasteiger partial charge in [-0.1, -0.05) is 17.7 Å². The minimum absolute atomic E-state index is 0.220. The molecular weight excluding hydrogens is 390 g/mol. The molecule has 0 aliphatic heterocycles. The van der Waals surface area contributed by atoms with Crippen molar-refractivity contribution in [2.75, 3.05) is 19.0 Å². The van der Waals surface area contributed by atoms with E-state index >= 15 is 0 Å². The van der Waals surface area contributed by atoms with Gasteiger partial charge in [0.25, 0.3) is 5.91 Å². The maximum absolute atomic E-state index is 12.7. The van der Waals surface area contributed by atoms with Crippen LogP contribution in [-0.2, 0) is 6.61 Å². The van der Waals surface area contributed by atoms with Crippen LogP contribution in [0.5, 0.6) is 17.2 Å². The fourth-order valence-corrected chi connectivity index (χ4v) is 2.91. The fraction of sp³-hybridized carbons (Fsp3) is 0.174. The largest absolute Gasteiger partial charge is 0.497 e. The summed E-state index contributed by atoms with van der Waals surface area (Å²) in [5.41, 5.74) is 1.96. The van der Waals surface area contributed by atoms with Gasteiger partial charge in [0.15, 0.2) is 0 Å². The summed E-state index contributed by atoms with van der Waals surface area (Å²) in [4.78, 5) is 12.7. The van der Waals surface area contributed by atoms with E-state index in [1.54, 1.807) is 61.7 Å². The summed E-state index contributed by atoms with van der Waals surface area (Å²) in [6.07, 6.45) is 0. The topological polar surface area (TPSA) is 56.8 Å². The van der Waals surface area contributed by atoms with Crippen molar-refractivity contribution in [3.63, 3.8) is 0 Å². The van der Waals surface area contributed by atoms with Crippen LogP contribution in [-0.4, -0.2) is 19.6 Å². The average molecular weight is 412 g/mol. The molecule has 150 valence electrons. The Bertz CT molecular complexity index is 973. The van der Waals surface area contributed by atoms with Gasteiger partial charge in [-0.3, -0.25) is 4.79 Å². The molecule has 6 heteroatoms. The lowest BCUT2D eigenvalue weighted by atomic mass is 10.1. The van der Waals surface area contributed by atoms with E-state index in [-0.39, 0.29) is 12.5 Å². The molecule has 29 heavy (non-hydrogen) atoms. The highest BCUT2D eigenvalue weighted by Crippen LogP contribution is 2.25. The first-order chi connectivity index (χ1) is 14.1. The van der Waals surface area contributed by atoms with Gasteiger partial charge in [0.05, 0.1) is 13.7 Å². The molecule has 0 radical (unpaired) electrons. The monoisotopic (exact) mass is 411 g/mol. The third kappa shape index (κ3) is 5.65. The van der Waals surface area contributed by atoms with Crippen molar-refractivity contribution in [3.8, 4) is 17.2 Å². The van der Waals surface area contributed by atoms with Crippen molar-refractivity contribution in [1.82, 2.24) is 0 Å². The third-order valence-electron chi connectivity index (χ3n) is 4.16. The van der Waals surface area contributed by atoms with Crippen molar-refractivity contribution in [2.45, 2.75) is 13.5 Å². The van der Waals surface area contributed by atoms with Crippen LogP contribution in [0.4, 0.5) is 5.69 Å². The molecule has 0 aromatic heterocycles. The number of hydrogen-bond donors (Lipinski definition) is 1. The number of nitrogens with one attached hydrogen (secondary N) is 1. The van der Waals surface area contributed by atoms with E-state index in [0.29, 0.717) is 34.4 Å². The molecule has 0 spiro atoms. The average Bonchev–Trinajstić information content (AvgIpc) is 2.74. The molecule has 0 bridgehead atoms. The van der Waals surface area contributed by atoms with Gasteiger partial charge in [-0.25, -0.2) is 0 Å². The summed E-state index contributed by atoms with van der Waals surface area (Å²) in [7, 11) is 1.60. The summed E-state index contributed by atoms with van der Waals surface area (Å²) in [5, 5.41) is 3.47. The Morgan fingerprint density at radius 3 is 2.45 bits per heavy atom. The molecule has 0 atom stereocenters. The van der Waals surface area contributed by atoms with E-state index in [4.69, 9.17) is 25.8 Å². The molecule has 5 nitrogen and oxygen atoms in total. The first-order valence-corrected chi connectivity index (χ1v) is 9.56. The number of rotatable bonds is 8. The first kappa shape index (κ1) is 20.6. The van der Waals surface area contributed by atoms with Crippen LogP contribution >= 0.6 is 11.6 Å². The minimum Gasteiger partial charge on any atom is -0.497 e. The Balaban J connectivity index is 1.76. The molecule has 3 aromatic rings. The second kappa shape index (κ2) is 9.85. The van der Waals surface area contributed by atoms with Gasteiger partial charge in [0.2, 0.25) is 0 Å². The van der Waals surface area contributed by atoms with Gasteiger partial charge >= 0.3 is 0 Å². The number of anilines is 1. The highest BCUT2D eigenvalue weighted by Gasteiger charge is 2.12. The van der Waals surface area contributed by atoms with Crippen molar-refractivity contribution in [1.29, 1.82) is 0 Å². The van der Waals surface area contributed by atoms with Crippen molar-refractivity contribution in [3.05, 3.63) is 82.9 Å². The van der Waals surface area contributed by atoms with Crippen LogP contribution in [0.3, 0.4) is 0 Å². The normalized spacial score (nSPS) is 10.3. The van der Waals surface area contributed by atoms with Crippen LogP contribution in [0.15, 0.2) is 66.7 Å². The van der Waals surface area contributed by atoms with Crippen LogP contribution in [0.25, 0.3) is 0 Å². The number of halogens is 1. The van der Waals surface area contributed by atoms with Crippen LogP contribution in [0.2, 0.25) is 5.02 Å². The van der Waals surface area contributed by atoms with E-state index in [9.17, 15) is 4.79 Å². The first-order valence-electron chi connectivity index (χ1n) is 9.18. The van der Waals surface area contributed by atoms with E-state index in [1.807, 2.05) is 19.1 Å². The van der Waals surface area contributed by atoms with Gasteiger partial charge < -0.3 is 19.5 Å². The molecule has 3 rings (SSSR count). The number of carbonyl (C=O) groups excluding carboxylic acids is 1. The van der Waals surface area contributed by atoms with Crippen molar-refractivity contribution < 1.29 is 19.0 Å². The Morgan fingerprint density at radius 2 is 1.76 bits per heavy atom. The molecule has 1 amide bonds. The molecule has 0 unspecified atom stereocenters. The molecule has 0 heterocycles. The summed E-state index contributed by atoms with van der Waals surface area (Å²) >= 11 is 6.00. The molecule has 0 fully saturated rings. The predicted octanol–water partition coefficient (Wildman–Crippen LogP) is 5.58. The number of carbonyl (C=O) groups is 1. The zero-order valence-electron chi connectivity index (χ0n) is 16.3. The summed E-state index contributed by atoms with van der Waals surface area (Å²) < 4.78 is 16.6. The van der Waals surface area contributed by atoms with Crippen molar-refractivity contribution >= 4 is 23.2 Å². The van der Waals surface area contributed by atoms with E-state index in [1.165, 1.54) is 0 Å². The predicted molar refractivity (Wildman–Crippen MR) is 114 cm³/mol. The maximum atomic E-state index is 12.7. The number of methoxy groups -OCH3 is 1. The van der Waals surface area contributed by atoms with Crippen molar-refractivity contribution in [2.24, 2.45) is 0 Å². The standard InChI is InChI=1S/C23H22ClNO4/c1-3-28-22-12-7-16(23(26)25-19-8-10-20(27-2)11-9-19)13-17(22)15-29-21-6-4-5-18(24)14-21/h4-14H,3,15H2,1-2H3,(H,25,26). The summed E-state index contributed by atoms with van der Waals surface area (Å²) in [5.74, 6) is 1.83. The van der Waals surface area contributed by atoms with Gasteiger partial charge in [-0.15, -0.1) is 0 Å². The van der Waals surface area contributed by atoms with Crippen LogP contribution in [0, 0.1) is 0 Å². The Kier molecular flexibility index (Phi) is 6.98. The molecular formula is C23H22ClNO4. The van der Waals surface area contributed by atoms with Crippen LogP contribution in [0.1, 0.15) is 22.8 Å². The van der Waals surface area contributed by atoms with Gasteiger partial charge in [0, 0.05) is 21.8 Å². The number of ether oxygens (including phenoxy) is 3. The van der Waals surface area contributed by atoms with E-state index in [0.717, 1.165) is 11.3 Å². The molecule has 0 aliphatic carbocycles. The summed E-state index contributed by atoms with van der Waals surface area (Å²) in [6, 6.07) is 19.6. The van der Waals surface area contributed by atoms with Gasteiger partial charge in [-0.2, -0.15) is 0 Å². The Hall–Kier alpha value is -3.18. The zero-order chi connectivity index (χ0) is 20.6. The highest BCUT2D eigenvalue weighted by molar-refractivity contribution is 6.30. The fourth-order valence-electron chi connectivity index (χ4n) is 2.73. The second-order valence-electron chi connectivity index (χ2n) is 6.18. The lowest BCUT2D eigenvalue weighted by Gasteiger charge is -2.14. The van der Waals surface area contributed by atoms with E-state index in [2.05, 4.69) is 5.32 Å². The molecule has 0 saturated heterocycles. The lowest BCUT2D eigenvalue weighted by molar-refractivity contribution is 0.102. The summed E-state index contributed by atoms with van der Waals surface area (Å²) in [6.45, 7) is 2.67. The second-order valence-corrected chi connectivity index (χ2v) is 6.62. The smallest absolute Gasteiger partial charge is 0.255 e. The van der Waals surface area contributed by atoms with E-state index < -0.39 is 0 Å². The minimum atomic E-state index is -0.220. The number of benzene rings is 3. The quantitative estimate of drug-likeness (QED) is 0.525. The maximum Gasteiger partial charge on any atom is 0.255 e. The molecule has 3 aromatic carbocycles. The SMILES string of the molecule is CCOc1ccc(C(=O)Nc2ccc(OC)cc2)cc1COc1cccc(Cl)c1. The third-order valence-corrected chi connectivity index (χ3v) is 4.40. The zero-order valence-corrected chi connectivity index (χ0v) is 17.0. The van der Waals surface area contributed by atoms with Gasteiger partial charge in [-0.05, 0) is 67.6 Å². The molecule has 1 N–H and O–H groups in total. The Labute approximate surface area is 175 Å². The number of amides is 1. The number of hydrogen-bond acceptors (Lipinski definition) is 4. The van der Waals surface area contributed by atoms with Gasteiger partial charge in [0.1, 0.15) is 23.9 Å². The molecule has 0 saturated carbocycles. The Morgan fingerprint density at radius 1 is 0.966 bits per heavy atom. The lowest BCUT2D eigenvalue weighted by Crippen LogP contribution is -2.13.